The van der Waals surface area contributed by atoms with Crippen molar-refractivity contribution < 1.29 is 14.0 Å². The highest BCUT2D eigenvalue weighted by molar-refractivity contribution is 8.04. The second-order valence-electron chi connectivity index (χ2n) is 7.82. The molecule has 2 aliphatic rings. The molecule has 0 radical (unpaired) electrons. The van der Waals surface area contributed by atoms with E-state index < -0.39 is 5.82 Å². The number of carbonyl (C=O) groups is 2. The molecule has 7 heteroatoms. The van der Waals surface area contributed by atoms with Crippen LogP contribution < -0.4 is 9.80 Å². The number of nitrogens with zero attached hydrogens (tertiary/aromatic N) is 3. The summed E-state index contributed by atoms with van der Waals surface area (Å²) in [6.45, 7) is 2.74. The normalized spacial score (nSPS) is 16.7. The maximum Gasteiger partial charge on any atom is 0.283 e. The van der Waals surface area contributed by atoms with Crippen molar-refractivity contribution in [3.05, 3.63) is 101 Å². The molecular formula is C26H22FN3O2S. The van der Waals surface area contributed by atoms with Crippen LogP contribution in [0.4, 0.5) is 15.8 Å². The average molecular weight is 460 g/mol. The molecule has 3 aromatic rings. The second-order valence-corrected chi connectivity index (χ2v) is 8.91. The first-order valence-electron chi connectivity index (χ1n) is 10.8. The number of halogens is 1. The van der Waals surface area contributed by atoms with E-state index in [9.17, 15) is 14.0 Å². The Hall–Kier alpha value is -3.58. The van der Waals surface area contributed by atoms with Gasteiger partial charge in [0.1, 0.15) is 16.4 Å². The molecule has 1 saturated heterocycles. The van der Waals surface area contributed by atoms with Crippen LogP contribution in [-0.2, 0) is 9.59 Å². The monoisotopic (exact) mass is 459 g/mol. The number of piperazine rings is 1. The van der Waals surface area contributed by atoms with Gasteiger partial charge in [-0.15, -0.1) is 0 Å². The third-order valence-electron chi connectivity index (χ3n) is 5.78. The van der Waals surface area contributed by atoms with E-state index in [0.29, 0.717) is 29.4 Å². The first kappa shape index (κ1) is 21.3. The van der Waals surface area contributed by atoms with Crippen LogP contribution in [0.3, 0.4) is 0 Å². The molecule has 0 spiro atoms. The van der Waals surface area contributed by atoms with E-state index in [0.717, 1.165) is 28.6 Å². The van der Waals surface area contributed by atoms with E-state index in [1.165, 1.54) is 36.0 Å². The minimum Gasteiger partial charge on any atom is -0.368 e. The molecule has 0 aromatic heterocycles. The van der Waals surface area contributed by atoms with Crippen LogP contribution in [0.15, 0.2) is 100 Å². The zero-order chi connectivity index (χ0) is 22.8. The van der Waals surface area contributed by atoms with Gasteiger partial charge in [0.15, 0.2) is 0 Å². The standard InChI is InChI=1S/C26H22FN3O2S/c27-19-11-13-21(14-12-19)30-25(31)23(24(26(30)32)33-22-9-5-2-6-10-22)29-17-15-28(16-18-29)20-7-3-1-4-8-20/h1-14H,15-18H2. The lowest BCUT2D eigenvalue weighted by molar-refractivity contribution is -0.121. The summed E-state index contributed by atoms with van der Waals surface area (Å²) in [5, 5.41) is 0. The van der Waals surface area contributed by atoms with Gasteiger partial charge < -0.3 is 9.80 Å². The highest BCUT2D eigenvalue weighted by Gasteiger charge is 2.43. The number of anilines is 2. The summed E-state index contributed by atoms with van der Waals surface area (Å²) in [5.74, 6) is -1.15. The number of hydrogen-bond acceptors (Lipinski definition) is 5. The smallest absolute Gasteiger partial charge is 0.283 e. The van der Waals surface area contributed by atoms with Gasteiger partial charge in [-0.1, -0.05) is 48.2 Å². The Balaban J connectivity index is 1.45. The molecule has 5 nitrogen and oxygen atoms in total. The minimum atomic E-state index is -0.415. The fourth-order valence-corrected chi connectivity index (χ4v) is 5.15. The zero-order valence-electron chi connectivity index (χ0n) is 17.9. The van der Waals surface area contributed by atoms with Crippen LogP contribution in [0.2, 0.25) is 0 Å². The van der Waals surface area contributed by atoms with Crippen molar-refractivity contribution in [2.75, 3.05) is 36.0 Å². The predicted octanol–water partition coefficient (Wildman–Crippen LogP) is 4.53. The predicted molar refractivity (Wildman–Crippen MR) is 128 cm³/mol. The fraction of sp³-hybridized carbons (Fsp3) is 0.154. The SMILES string of the molecule is O=C1C(Sc2ccccc2)=C(N2CCN(c3ccccc3)CC2)C(=O)N1c1ccc(F)cc1. The molecule has 2 aliphatic heterocycles. The second kappa shape index (κ2) is 9.11. The van der Waals surface area contributed by atoms with Gasteiger partial charge in [0.25, 0.3) is 11.8 Å². The topological polar surface area (TPSA) is 43.9 Å². The van der Waals surface area contributed by atoms with Crippen molar-refractivity contribution >= 4 is 35.0 Å². The molecule has 166 valence electrons. The van der Waals surface area contributed by atoms with Crippen molar-refractivity contribution in [3.8, 4) is 0 Å². The van der Waals surface area contributed by atoms with Gasteiger partial charge >= 0.3 is 0 Å². The fourth-order valence-electron chi connectivity index (χ4n) is 4.13. The highest BCUT2D eigenvalue weighted by atomic mass is 32.2. The third kappa shape index (κ3) is 4.24. The summed E-state index contributed by atoms with van der Waals surface area (Å²) >= 11 is 1.30. The number of amides is 2. The maximum absolute atomic E-state index is 13.5. The molecule has 0 N–H and O–H groups in total. The lowest BCUT2D eigenvalue weighted by atomic mass is 10.2. The minimum absolute atomic E-state index is 0.363. The molecule has 0 unspecified atom stereocenters. The molecule has 0 atom stereocenters. The van der Waals surface area contributed by atoms with E-state index in [1.54, 1.807) is 0 Å². The molecule has 3 aromatic carbocycles. The van der Waals surface area contributed by atoms with Crippen molar-refractivity contribution in [2.24, 2.45) is 0 Å². The molecule has 1 fully saturated rings. The van der Waals surface area contributed by atoms with Gasteiger partial charge in [-0.25, -0.2) is 9.29 Å². The molecule has 0 bridgehead atoms. The molecule has 2 heterocycles. The molecule has 5 rings (SSSR count). The van der Waals surface area contributed by atoms with Crippen LogP contribution in [0.5, 0.6) is 0 Å². The van der Waals surface area contributed by atoms with Crippen molar-refractivity contribution in [2.45, 2.75) is 4.90 Å². The van der Waals surface area contributed by atoms with Gasteiger partial charge in [0.05, 0.1) is 5.69 Å². The first-order valence-corrected chi connectivity index (χ1v) is 11.6. The molecular weight excluding hydrogens is 437 g/mol. The lowest BCUT2D eigenvalue weighted by Gasteiger charge is -2.37. The Morgan fingerprint density at radius 2 is 1.21 bits per heavy atom. The van der Waals surface area contributed by atoms with Crippen LogP contribution in [-0.4, -0.2) is 42.9 Å². The number of rotatable bonds is 5. The van der Waals surface area contributed by atoms with Crippen molar-refractivity contribution in [3.63, 3.8) is 0 Å². The third-order valence-corrected chi connectivity index (χ3v) is 6.86. The number of benzene rings is 3. The van der Waals surface area contributed by atoms with Gasteiger partial charge in [-0.3, -0.25) is 9.59 Å². The molecule has 0 saturated carbocycles. The summed E-state index contributed by atoms with van der Waals surface area (Å²) < 4.78 is 13.5. The lowest BCUT2D eigenvalue weighted by Crippen LogP contribution is -2.47. The average Bonchev–Trinajstić information content (AvgIpc) is 3.10. The Morgan fingerprint density at radius 1 is 0.636 bits per heavy atom. The van der Waals surface area contributed by atoms with Crippen molar-refractivity contribution in [1.29, 1.82) is 0 Å². The summed E-state index contributed by atoms with van der Waals surface area (Å²) in [7, 11) is 0. The number of thioether (sulfide) groups is 1. The summed E-state index contributed by atoms with van der Waals surface area (Å²) in [6, 6.07) is 25.2. The number of carbonyl (C=O) groups excluding carboxylic acids is 2. The Labute approximate surface area is 196 Å². The molecule has 2 amide bonds. The largest absolute Gasteiger partial charge is 0.368 e. The quantitative estimate of drug-likeness (QED) is 0.525. The Morgan fingerprint density at radius 3 is 1.85 bits per heavy atom. The van der Waals surface area contributed by atoms with E-state index in [2.05, 4.69) is 17.0 Å². The number of para-hydroxylation sites is 1. The maximum atomic E-state index is 13.5. The molecule has 33 heavy (non-hydrogen) atoms. The first-order chi connectivity index (χ1) is 16.1. The van der Waals surface area contributed by atoms with E-state index in [4.69, 9.17) is 0 Å². The van der Waals surface area contributed by atoms with Gasteiger partial charge in [0, 0.05) is 36.8 Å². The Bertz CT molecular complexity index is 1190. The van der Waals surface area contributed by atoms with Crippen LogP contribution in [0.25, 0.3) is 0 Å². The zero-order valence-corrected chi connectivity index (χ0v) is 18.7. The van der Waals surface area contributed by atoms with Crippen LogP contribution >= 0.6 is 11.8 Å². The van der Waals surface area contributed by atoms with E-state index >= 15 is 0 Å². The summed E-state index contributed by atoms with van der Waals surface area (Å²) in [6.07, 6.45) is 0. The van der Waals surface area contributed by atoms with Gasteiger partial charge in [-0.2, -0.15) is 0 Å². The van der Waals surface area contributed by atoms with E-state index in [-0.39, 0.29) is 11.8 Å². The highest BCUT2D eigenvalue weighted by Crippen LogP contribution is 2.39. The van der Waals surface area contributed by atoms with Gasteiger partial charge in [-0.05, 0) is 48.5 Å². The van der Waals surface area contributed by atoms with Gasteiger partial charge in [0.2, 0.25) is 0 Å². The Kier molecular flexibility index (Phi) is 5.88. The van der Waals surface area contributed by atoms with Crippen LogP contribution in [0.1, 0.15) is 0 Å². The summed E-state index contributed by atoms with van der Waals surface area (Å²) in [4.78, 5) is 33.7. The number of imide groups is 1. The summed E-state index contributed by atoms with van der Waals surface area (Å²) in [5.41, 5.74) is 1.94. The number of hydrogen-bond donors (Lipinski definition) is 0. The van der Waals surface area contributed by atoms with Crippen molar-refractivity contribution in [1.82, 2.24) is 4.90 Å². The van der Waals surface area contributed by atoms with Crippen LogP contribution in [0, 0.1) is 5.82 Å². The molecule has 0 aliphatic carbocycles. The van der Waals surface area contributed by atoms with E-state index in [1.807, 2.05) is 53.4 Å².